The molecule has 10 heteroatoms. The van der Waals surface area contributed by atoms with E-state index in [1.54, 1.807) is 23.1 Å². The normalized spacial score (nSPS) is 13.9. The molecule has 2 amide bonds. The molecule has 0 saturated heterocycles. The van der Waals surface area contributed by atoms with Crippen LogP contribution in [0.15, 0.2) is 42.5 Å². The summed E-state index contributed by atoms with van der Waals surface area (Å²) in [5.41, 5.74) is 2.00. The summed E-state index contributed by atoms with van der Waals surface area (Å²) < 4.78 is 37.8. The van der Waals surface area contributed by atoms with E-state index in [1.165, 1.54) is 4.31 Å². The van der Waals surface area contributed by atoms with Gasteiger partial charge in [-0.2, -0.15) is 0 Å². The minimum Gasteiger partial charge on any atom is -0.486 e. The molecule has 1 aliphatic rings. The van der Waals surface area contributed by atoms with E-state index in [4.69, 9.17) is 9.47 Å². The summed E-state index contributed by atoms with van der Waals surface area (Å²) in [4.78, 5) is 28.4. The van der Waals surface area contributed by atoms with Gasteiger partial charge in [-0.15, -0.1) is 0 Å². The Morgan fingerprint density at radius 3 is 2.36 bits per heavy atom. The maximum absolute atomic E-state index is 13.6. The number of hydrogen-bond donors (Lipinski definition) is 1. The second-order valence-corrected chi connectivity index (χ2v) is 12.8. The van der Waals surface area contributed by atoms with E-state index < -0.39 is 21.6 Å². The summed E-state index contributed by atoms with van der Waals surface area (Å²) in [5.74, 6) is 0.645. The van der Waals surface area contributed by atoms with Crippen molar-refractivity contribution in [1.29, 1.82) is 0 Å². The number of nitrogens with one attached hydrogen (secondary N) is 1. The third-order valence-corrected chi connectivity index (χ3v) is 7.48. The molecule has 1 N–H and O–H groups in total. The van der Waals surface area contributed by atoms with Crippen LogP contribution in [-0.2, 0) is 26.2 Å². The Morgan fingerprint density at radius 1 is 1.05 bits per heavy atom. The van der Waals surface area contributed by atoms with Crippen molar-refractivity contribution in [2.75, 3.05) is 30.3 Å². The molecule has 2 aromatic rings. The molecule has 1 atom stereocenters. The quantitative estimate of drug-likeness (QED) is 0.446. The van der Waals surface area contributed by atoms with E-state index in [2.05, 4.69) is 5.32 Å². The molecular weight excluding hydrogens is 518 g/mol. The van der Waals surface area contributed by atoms with Gasteiger partial charge >= 0.3 is 0 Å². The van der Waals surface area contributed by atoms with Crippen LogP contribution in [0.5, 0.6) is 11.5 Å². The number of hydrogen-bond acceptors (Lipinski definition) is 6. The van der Waals surface area contributed by atoms with E-state index in [-0.39, 0.29) is 37.7 Å². The maximum atomic E-state index is 13.6. The zero-order valence-corrected chi connectivity index (χ0v) is 24.6. The van der Waals surface area contributed by atoms with Gasteiger partial charge in [0.05, 0.1) is 11.9 Å². The number of benzene rings is 2. The number of amides is 2. The van der Waals surface area contributed by atoms with Crippen molar-refractivity contribution in [2.24, 2.45) is 0 Å². The lowest BCUT2D eigenvalue weighted by molar-refractivity contribution is -0.142. The fraction of sp³-hybridized carbons (Fsp3) is 0.517. The number of aryl methyl sites for hydroxylation is 1. The summed E-state index contributed by atoms with van der Waals surface area (Å²) in [6, 6.07) is 12.2. The smallest absolute Gasteiger partial charge is 0.243 e. The van der Waals surface area contributed by atoms with Gasteiger partial charge in [0, 0.05) is 31.1 Å². The van der Waals surface area contributed by atoms with Crippen molar-refractivity contribution in [1.82, 2.24) is 10.2 Å². The molecule has 0 spiro atoms. The molecule has 39 heavy (non-hydrogen) atoms. The number of sulfonamides is 1. The first-order valence-electron chi connectivity index (χ1n) is 13.3. The van der Waals surface area contributed by atoms with Gasteiger partial charge in [-0.3, -0.25) is 13.9 Å². The number of carbonyl (C=O) groups is 2. The van der Waals surface area contributed by atoms with E-state index in [0.717, 1.165) is 17.4 Å². The molecule has 3 rings (SSSR count). The SMILES string of the molecule is CC[C@H](C(=O)NC(C)(C)C)N(Cc1cccc(C)c1)C(=O)CCCN(c1ccc2c(c1)OCCO2)S(C)(=O)=O. The van der Waals surface area contributed by atoms with E-state index in [9.17, 15) is 18.0 Å². The first kappa shape index (κ1) is 30.3. The number of anilines is 1. The first-order chi connectivity index (χ1) is 18.3. The lowest BCUT2D eigenvalue weighted by Crippen LogP contribution is -2.53. The highest BCUT2D eigenvalue weighted by atomic mass is 32.2. The summed E-state index contributed by atoms with van der Waals surface area (Å²) in [7, 11) is -3.62. The van der Waals surface area contributed by atoms with Gasteiger partial charge in [0.15, 0.2) is 11.5 Å². The molecular formula is C29H41N3O6S. The number of carbonyl (C=O) groups excluding carboxylic acids is 2. The Balaban J connectivity index is 1.78. The lowest BCUT2D eigenvalue weighted by atomic mass is 10.0. The largest absolute Gasteiger partial charge is 0.486 e. The van der Waals surface area contributed by atoms with Crippen molar-refractivity contribution in [3.63, 3.8) is 0 Å². The fourth-order valence-corrected chi connectivity index (χ4v) is 5.53. The van der Waals surface area contributed by atoms with Gasteiger partial charge in [0.25, 0.3) is 0 Å². The van der Waals surface area contributed by atoms with Gasteiger partial charge in [-0.05, 0) is 58.2 Å². The highest BCUT2D eigenvalue weighted by molar-refractivity contribution is 7.92. The second-order valence-electron chi connectivity index (χ2n) is 10.9. The van der Waals surface area contributed by atoms with Gasteiger partial charge < -0.3 is 19.7 Å². The van der Waals surface area contributed by atoms with Crippen LogP contribution in [-0.4, -0.2) is 62.7 Å². The zero-order chi connectivity index (χ0) is 28.8. The Hall–Kier alpha value is -3.27. The molecule has 0 saturated carbocycles. The Bertz CT molecular complexity index is 1270. The van der Waals surface area contributed by atoms with Crippen molar-refractivity contribution >= 4 is 27.5 Å². The van der Waals surface area contributed by atoms with Crippen LogP contribution >= 0.6 is 0 Å². The summed E-state index contributed by atoms with van der Waals surface area (Å²) in [6.45, 7) is 10.8. The van der Waals surface area contributed by atoms with Crippen LogP contribution in [0, 0.1) is 6.92 Å². The molecule has 2 aromatic carbocycles. The lowest BCUT2D eigenvalue weighted by Gasteiger charge is -2.33. The van der Waals surface area contributed by atoms with Crippen LogP contribution < -0.4 is 19.1 Å². The molecule has 1 heterocycles. The van der Waals surface area contributed by atoms with E-state index in [1.807, 2.05) is 58.9 Å². The summed E-state index contributed by atoms with van der Waals surface area (Å²) in [6.07, 6.45) is 1.95. The first-order valence-corrected chi connectivity index (χ1v) is 15.2. The predicted molar refractivity (Wildman–Crippen MR) is 153 cm³/mol. The fourth-order valence-electron chi connectivity index (χ4n) is 4.57. The zero-order valence-electron chi connectivity index (χ0n) is 23.8. The molecule has 214 valence electrons. The van der Waals surface area contributed by atoms with Gasteiger partial charge in [-0.25, -0.2) is 8.42 Å². The monoisotopic (exact) mass is 559 g/mol. The molecule has 1 aliphatic heterocycles. The topological polar surface area (TPSA) is 105 Å². The average molecular weight is 560 g/mol. The Labute approximate surface area is 232 Å². The number of ether oxygens (including phenoxy) is 2. The van der Waals surface area contributed by atoms with Gasteiger partial charge in [0.2, 0.25) is 21.8 Å². The van der Waals surface area contributed by atoms with Crippen molar-refractivity contribution in [3.8, 4) is 11.5 Å². The minimum absolute atomic E-state index is 0.0850. The molecule has 0 radical (unpaired) electrons. The van der Waals surface area contributed by atoms with Crippen molar-refractivity contribution in [3.05, 3.63) is 53.6 Å². The minimum atomic E-state index is -3.62. The Kier molecular flexibility index (Phi) is 9.88. The molecule has 0 bridgehead atoms. The maximum Gasteiger partial charge on any atom is 0.243 e. The number of fused-ring (bicyclic) bond motifs is 1. The van der Waals surface area contributed by atoms with Crippen LogP contribution in [0.2, 0.25) is 0 Å². The molecule has 9 nitrogen and oxygen atoms in total. The molecule has 0 aliphatic carbocycles. The van der Waals surface area contributed by atoms with Crippen LogP contribution in [0.3, 0.4) is 0 Å². The van der Waals surface area contributed by atoms with Crippen LogP contribution in [0.1, 0.15) is 58.1 Å². The van der Waals surface area contributed by atoms with Crippen LogP contribution in [0.4, 0.5) is 5.69 Å². The van der Waals surface area contributed by atoms with Crippen LogP contribution in [0.25, 0.3) is 0 Å². The highest BCUT2D eigenvalue weighted by Gasteiger charge is 2.31. The number of nitrogens with zero attached hydrogens (tertiary/aromatic N) is 2. The third kappa shape index (κ3) is 8.61. The highest BCUT2D eigenvalue weighted by Crippen LogP contribution is 2.34. The predicted octanol–water partition coefficient (Wildman–Crippen LogP) is 4.03. The number of rotatable bonds is 11. The van der Waals surface area contributed by atoms with Crippen molar-refractivity contribution in [2.45, 2.75) is 72.0 Å². The van der Waals surface area contributed by atoms with Gasteiger partial charge in [-0.1, -0.05) is 36.8 Å². The molecule has 0 aromatic heterocycles. The average Bonchev–Trinajstić information content (AvgIpc) is 2.84. The standard InChI is InChI=1S/C29H41N3O6S/c1-7-24(28(34)30-29(3,4)5)31(20-22-11-8-10-21(2)18-22)27(33)12-9-15-32(39(6,35)36)23-13-14-25-26(19-23)38-17-16-37-25/h8,10-11,13-14,18-19,24H,7,9,12,15-17,20H2,1-6H3,(H,30,34)/t24-/m1/s1. The van der Waals surface area contributed by atoms with Crippen molar-refractivity contribution < 1.29 is 27.5 Å². The van der Waals surface area contributed by atoms with Gasteiger partial charge in [0.1, 0.15) is 19.3 Å². The summed E-state index contributed by atoms with van der Waals surface area (Å²) >= 11 is 0. The summed E-state index contributed by atoms with van der Waals surface area (Å²) in [5, 5.41) is 3.00. The third-order valence-electron chi connectivity index (χ3n) is 6.29. The van der Waals surface area contributed by atoms with E-state index in [0.29, 0.717) is 36.8 Å². The second kappa shape index (κ2) is 12.7. The van der Waals surface area contributed by atoms with E-state index >= 15 is 0 Å². The Morgan fingerprint density at radius 2 is 1.74 bits per heavy atom. The molecule has 0 fully saturated rings. The molecule has 0 unspecified atom stereocenters.